The Bertz CT molecular complexity index is 1190. The van der Waals surface area contributed by atoms with Gasteiger partial charge in [0.2, 0.25) is 17.5 Å². The Morgan fingerprint density at radius 3 is 2.25 bits per heavy atom. The molecule has 4 rings (SSSR count). The Hall–Kier alpha value is -3.35. The molecule has 1 aliphatic heterocycles. The maximum atomic E-state index is 13.2. The first-order valence-corrected chi connectivity index (χ1v) is 9.50. The summed E-state index contributed by atoms with van der Waals surface area (Å²) in [5.41, 5.74) is -0.801. The van der Waals surface area contributed by atoms with Gasteiger partial charge in [-0.1, -0.05) is 0 Å². The second-order valence-corrected chi connectivity index (χ2v) is 7.29. The molecule has 0 spiro atoms. The quantitative estimate of drug-likeness (QED) is 0.279. The van der Waals surface area contributed by atoms with Crippen LogP contribution in [0, 0.1) is 0 Å². The number of benzene rings is 2. The lowest BCUT2D eigenvalue weighted by Crippen LogP contribution is -2.60. The van der Waals surface area contributed by atoms with Gasteiger partial charge in [0.1, 0.15) is 52.6 Å². The SMILES string of the molecule is O=c1c(OC2O[C@H](CO)[C@H](O)[C@H](O)[C@H]2O)c(-c2ccc(O)cc2)oc2cc(O)cc(O)c12. The van der Waals surface area contributed by atoms with Crippen molar-refractivity contribution in [3.05, 3.63) is 46.6 Å². The van der Waals surface area contributed by atoms with Gasteiger partial charge in [-0.15, -0.1) is 0 Å². The molecule has 5 atom stereocenters. The first-order chi connectivity index (χ1) is 15.2. The minimum absolute atomic E-state index is 0.0661. The zero-order valence-corrected chi connectivity index (χ0v) is 16.3. The Labute approximate surface area is 179 Å². The van der Waals surface area contributed by atoms with Crippen LogP contribution in [0.15, 0.2) is 45.6 Å². The molecule has 0 bridgehead atoms. The third kappa shape index (κ3) is 3.72. The Morgan fingerprint density at radius 2 is 1.59 bits per heavy atom. The second-order valence-electron chi connectivity index (χ2n) is 7.29. The minimum Gasteiger partial charge on any atom is -0.508 e. The molecule has 7 N–H and O–H groups in total. The maximum absolute atomic E-state index is 13.2. The largest absolute Gasteiger partial charge is 0.508 e. The summed E-state index contributed by atoms with van der Waals surface area (Å²) in [5, 5.41) is 68.8. The van der Waals surface area contributed by atoms with Crippen LogP contribution in [0.4, 0.5) is 0 Å². The molecule has 11 heteroatoms. The molecule has 3 aromatic rings. The van der Waals surface area contributed by atoms with Crippen molar-refractivity contribution in [2.45, 2.75) is 30.7 Å². The molecule has 32 heavy (non-hydrogen) atoms. The highest BCUT2D eigenvalue weighted by Gasteiger charge is 2.45. The molecule has 170 valence electrons. The van der Waals surface area contributed by atoms with E-state index in [-0.39, 0.29) is 33.8 Å². The van der Waals surface area contributed by atoms with Gasteiger partial charge in [-0.25, -0.2) is 0 Å². The van der Waals surface area contributed by atoms with E-state index in [1.165, 1.54) is 24.3 Å². The standard InChI is InChI=1S/C21H20O11/c22-7-13-15(26)17(28)18(29)21(31-13)32-20-16(27)14-11(25)5-10(24)6-12(14)30-19(20)8-1-3-9(23)4-2-8/h1-6,13,15,17-18,21-26,28-29H,7H2/t13-,15+,17+,18-,21?/m1/s1. The van der Waals surface area contributed by atoms with Crippen LogP contribution in [0.25, 0.3) is 22.3 Å². The third-order valence-electron chi connectivity index (χ3n) is 5.13. The number of aliphatic hydroxyl groups is 4. The van der Waals surface area contributed by atoms with E-state index >= 15 is 0 Å². The Kier molecular flexibility index (Phi) is 5.67. The first-order valence-electron chi connectivity index (χ1n) is 9.50. The van der Waals surface area contributed by atoms with Crippen LogP contribution in [0.2, 0.25) is 0 Å². The zero-order chi connectivity index (χ0) is 23.2. The van der Waals surface area contributed by atoms with Crippen LogP contribution in [0.3, 0.4) is 0 Å². The summed E-state index contributed by atoms with van der Waals surface area (Å²) in [6.07, 6.45) is -8.16. The highest BCUT2D eigenvalue weighted by Crippen LogP contribution is 2.37. The van der Waals surface area contributed by atoms with Crippen molar-refractivity contribution in [3.63, 3.8) is 0 Å². The lowest BCUT2D eigenvalue weighted by Gasteiger charge is -2.39. The summed E-state index contributed by atoms with van der Waals surface area (Å²) in [6, 6.07) is 7.48. The molecule has 2 heterocycles. The zero-order valence-electron chi connectivity index (χ0n) is 16.3. The van der Waals surface area contributed by atoms with Crippen LogP contribution in [-0.2, 0) is 4.74 Å². The molecular weight excluding hydrogens is 428 g/mol. The van der Waals surface area contributed by atoms with Crippen molar-refractivity contribution >= 4 is 11.0 Å². The molecule has 1 aromatic heterocycles. The van der Waals surface area contributed by atoms with Crippen molar-refractivity contribution in [2.75, 3.05) is 6.61 Å². The van der Waals surface area contributed by atoms with Crippen LogP contribution < -0.4 is 10.2 Å². The fourth-order valence-corrected chi connectivity index (χ4v) is 3.46. The van der Waals surface area contributed by atoms with E-state index in [0.717, 1.165) is 12.1 Å². The van der Waals surface area contributed by atoms with E-state index in [2.05, 4.69) is 0 Å². The Morgan fingerprint density at radius 1 is 0.906 bits per heavy atom. The second kappa shape index (κ2) is 8.30. The van der Waals surface area contributed by atoms with Gasteiger partial charge in [0.05, 0.1) is 6.61 Å². The van der Waals surface area contributed by atoms with Crippen LogP contribution in [0.5, 0.6) is 23.0 Å². The van der Waals surface area contributed by atoms with Crippen molar-refractivity contribution in [1.29, 1.82) is 0 Å². The van der Waals surface area contributed by atoms with E-state index in [9.17, 15) is 40.5 Å². The average molecular weight is 448 g/mol. The van der Waals surface area contributed by atoms with E-state index in [1.54, 1.807) is 0 Å². The summed E-state index contributed by atoms with van der Waals surface area (Å²) < 4.78 is 16.6. The van der Waals surface area contributed by atoms with E-state index in [1.807, 2.05) is 0 Å². The summed E-state index contributed by atoms with van der Waals surface area (Å²) in [6.45, 7) is -0.706. The third-order valence-corrected chi connectivity index (χ3v) is 5.13. The molecule has 11 nitrogen and oxygen atoms in total. The van der Waals surface area contributed by atoms with Gasteiger partial charge < -0.3 is 49.6 Å². The lowest BCUT2D eigenvalue weighted by molar-refractivity contribution is -0.277. The smallest absolute Gasteiger partial charge is 0.239 e. The fraction of sp³-hybridized carbons (Fsp3) is 0.286. The molecule has 2 aromatic carbocycles. The number of phenols is 3. The highest BCUT2D eigenvalue weighted by atomic mass is 16.7. The van der Waals surface area contributed by atoms with Gasteiger partial charge >= 0.3 is 0 Å². The van der Waals surface area contributed by atoms with Crippen molar-refractivity contribution in [2.24, 2.45) is 0 Å². The average Bonchev–Trinajstić information content (AvgIpc) is 2.75. The molecular formula is C21H20O11. The van der Waals surface area contributed by atoms with Gasteiger partial charge in [0.15, 0.2) is 5.76 Å². The summed E-state index contributed by atoms with van der Waals surface area (Å²) >= 11 is 0. The maximum Gasteiger partial charge on any atom is 0.239 e. The molecule has 0 amide bonds. The number of rotatable bonds is 4. The highest BCUT2D eigenvalue weighted by molar-refractivity contribution is 5.88. The summed E-state index contributed by atoms with van der Waals surface area (Å²) in [5.74, 6) is -1.73. The first kappa shape index (κ1) is 21.9. The number of aliphatic hydroxyl groups excluding tert-OH is 4. The van der Waals surface area contributed by atoms with E-state index in [0.29, 0.717) is 0 Å². The van der Waals surface area contributed by atoms with Crippen LogP contribution in [-0.4, -0.2) is 73.1 Å². The normalized spacial score (nSPS) is 25.7. The molecule has 1 saturated heterocycles. The van der Waals surface area contributed by atoms with E-state index < -0.39 is 54.2 Å². The predicted molar refractivity (Wildman–Crippen MR) is 107 cm³/mol. The summed E-state index contributed by atoms with van der Waals surface area (Å²) in [7, 11) is 0. The monoisotopic (exact) mass is 448 g/mol. The molecule has 1 fully saturated rings. The van der Waals surface area contributed by atoms with Gasteiger partial charge in [0, 0.05) is 17.7 Å². The number of hydrogen-bond acceptors (Lipinski definition) is 11. The van der Waals surface area contributed by atoms with Gasteiger partial charge in [-0.2, -0.15) is 0 Å². The van der Waals surface area contributed by atoms with Crippen LogP contribution >= 0.6 is 0 Å². The number of phenolic OH excluding ortho intramolecular Hbond substituents is 3. The van der Waals surface area contributed by atoms with Crippen molar-refractivity contribution in [1.82, 2.24) is 0 Å². The molecule has 1 aliphatic rings. The van der Waals surface area contributed by atoms with Crippen molar-refractivity contribution < 1.29 is 49.6 Å². The lowest BCUT2D eigenvalue weighted by atomic mass is 9.99. The van der Waals surface area contributed by atoms with Gasteiger partial charge in [0.25, 0.3) is 0 Å². The van der Waals surface area contributed by atoms with Crippen molar-refractivity contribution in [3.8, 4) is 34.3 Å². The number of fused-ring (bicyclic) bond motifs is 1. The van der Waals surface area contributed by atoms with Gasteiger partial charge in [-0.05, 0) is 24.3 Å². The fourth-order valence-electron chi connectivity index (χ4n) is 3.46. The minimum atomic E-state index is -1.80. The number of hydrogen-bond donors (Lipinski definition) is 7. The van der Waals surface area contributed by atoms with E-state index in [4.69, 9.17) is 13.9 Å². The van der Waals surface area contributed by atoms with Gasteiger partial charge in [-0.3, -0.25) is 4.79 Å². The number of ether oxygens (including phenoxy) is 2. The predicted octanol–water partition coefficient (Wildman–Crippen LogP) is -0.244. The topological polar surface area (TPSA) is 190 Å². The molecule has 0 aliphatic carbocycles. The summed E-state index contributed by atoms with van der Waals surface area (Å²) in [4.78, 5) is 13.2. The molecule has 0 saturated carbocycles. The molecule has 0 radical (unpaired) electrons. The number of aromatic hydroxyl groups is 3. The van der Waals surface area contributed by atoms with Crippen LogP contribution in [0.1, 0.15) is 0 Å². The Balaban J connectivity index is 1.89. The molecule has 1 unspecified atom stereocenters.